The molecular weight excluding hydrogens is 280 g/mol. The monoisotopic (exact) mass is 299 g/mol. The third-order valence-electron chi connectivity index (χ3n) is 3.45. The van der Waals surface area contributed by atoms with E-state index < -0.39 is 23.6 Å². The Labute approximate surface area is 122 Å². The van der Waals surface area contributed by atoms with Crippen LogP contribution in [-0.4, -0.2) is 28.9 Å². The van der Waals surface area contributed by atoms with Gasteiger partial charge in [0.05, 0.1) is 6.04 Å². The van der Waals surface area contributed by atoms with Crippen molar-refractivity contribution in [3.8, 4) is 0 Å². The summed E-state index contributed by atoms with van der Waals surface area (Å²) in [6.45, 7) is 3.38. The van der Waals surface area contributed by atoms with Gasteiger partial charge in [0.25, 0.3) is 0 Å². The van der Waals surface area contributed by atoms with Gasteiger partial charge in [0.1, 0.15) is 0 Å². The minimum atomic E-state index is -0.959. The molecule has 0 aliphatic heterocycles. The lowest BCUT2D eigenvalue weighted by molar-refractivity contribution is -0.138. The number of rotatable bonds is 6. The first-order valence-corrected chi connectivity index (χ1v) is 6.64. The highest BCUT2D eigenvalue weighted by Gasteiger charge is 2.21. The Kier molecular flexibility index (Phi) is 5.81. The summed E-state index contributed by atoms with van der Waals surface area (Å²) in [5.41, 5.74) is 0.482. The van der Waals surface area contributed by atoms with Crippen molar-refractivity contribution in [2.24, 2.45) is 5.92 Å². The molecule has 0 saturated heterocycles. The van der Waals surface area contributed by atoms with Crippen LogP contribution in [0, 0.1) is 17.6 Å². The van der Waals surface area contributed by atoms with Crippen LogP contribution in [0.4, 0.5) is 8.78 Å². The molecule has 1 N–H and O–H groups in total. The smallest absolute Gasteiger partial charge is 0.303 e. The summed E-state index contributed by atoms with van der Waals surface area (Å²) in [6.07, 6.45) is 0.00988. The summed E-state index contributed by atoms with van der Waals surface area (Å²) in [5.74, 6) is -3.36. The maximum Gasteiger partial charge on any atom is 0.303 e. The quantitative estimate of drug-likeness (QED) is 0.878. The van der Waals surface area contributed by atoms with Crippen molar-refractivity contribution >= 4 is 11.9 Å². The van der Waals surface area contributed by atoms with E-state index in [-0.39, 0.29) is 24.7 Å². The molecule has 1 amide bonds. The Hall–Kier alpha value is -1.98. The van der Waals surface area contributed by atoms with Crippen molar-refractivity contribution in [3.05, 3.63) is 35.4 Å². The van der Waals surface area contributed by atoms with Crippen LogP contribution < -0.4 is 0 Å². The highest BCUT2D eigenvalue weighted by molar-refractivity contribution is 5.77. The lowest BCUT2D eigenvalue weighted by Crippen LogP contribution is -2.31. The first kappa shape index (κ1) is 17.1. The Balaban J connectivity index is 2.72. The van der Waals surface area contributed by atoms with Gasteiger partial charge in [-0.15, -0.1) is 0 Å². The number of carboxylic acids is 1. The molecule has 0 spiro atoms. The lowest BCUT2D eigenvalue weighted by atomic mass is 10.0. The van der Waals surface area contributed by atoms with Crippen molar-refractivity contribution < 1.29 is 23.5 Å². The molecule has 1 rings (SSSR count). The second-order valence-corrected chi connectivity index (χ2v) is 5.26. The predicted octanol–water partition coefficient (Wildman–Crippen LogP) is 2.99. The maximum absolute atomic E-state index is 13.2. The summed E-state index contributed by atoms with van der Waals surface area (Å²) >= 11 is 0. The molecule has 0 saturated carbocycles. The first-order chi connectivity index (χ1) is 9.72. The zero-order chi connectivity index (χ0) is 16.2. The van der Waals surface area contributed by atoms with Crippen LogP contribution in [0.1, 0.15) is 38.3 Å². The van der Waals surface area contributed by atoms with Gasteiger partial charge in [-0.3, -0.25) is 9.59 Å². The summed E-state index contributed by atoms with van der Waals surface area (Å²) in [6, 6.07) is 3.08. The van der Waals surface area contributed by atoms with E-state index >= 15 is 0 Å². The number of hydrogen-bond acceptors (Lipinski definition) is 2. The molecular formula is C15H19F2NO3. The van der Waals surface area contributed by atoms with Crippen molar-refractivity contribution in [2.45, 2.75) is 32.7 Å². The van der Waals surface area contributed by atoms with E-state index in [9.17, 15) is 18.4 Å². The molecule has 0 bridgehead atoms. The van der Waals surface area contributed by atoms with E-state index in [0.717, 1.165) is 12.1 Å². The molecule has 4 nitrogen and oxygen atoms in total. The van der Waals surface area contributed by atoms with Gasteiger partial charge in [-0.2, -0.15) is 0 Å². The van der Waals surface area contributed by atoms with Crippen LogP contribution in [0.25, 0.3) is 0 Å². The van der Waals surface area contributed by atoms with Crippen LogP contribution in [0.2, 0.25) is 0 Å². The number of carbonyl (C=O) groups is 2. The van der Waals surface area contributed by atoms with Crippen molar-refractivity contribution in [1.29, 1.82) is 0 Å². The van der Waals surface area contributed by atoms with Gasteiger partial charge in [0.2, 0.25) is 5.91 Å². The van der Waals surface area contributed by atoms with E-state index in [4.69, 9.17) is 5.11 Å². The van der Waals surface area contributed by atoms with Crippen LogP contribution in [0.5, 0.6) is 0 Å². The summed E-state index contributed by atoms with van der Waals surface area (Å²) in [5, 5.41) is 8.68. The van der Waals surface area contributed by atoms with Gasteiger partial charge in [-0.05, 0) is 30.5 Å². The molecule has 0 aromatic heterocycles. The number of carbonyl (C=O) groups excluding carboxylic acids is 1. The Morgan fingerprint density at radius 1 is 1.19 bits per heavy atom. The number of halogens is 2. The number of carboxylic acid groups (broad SMARTS) is 1. The third kappa shape index (κ3) is 4.81. The molecule has 21 heavy (non-hydrogen) atoms. The predicted molar refractivity (Wildman–Crippen MR) is 73.6 cm³/mol. The molecule has 0 radical (unpaired) electrons. The third-order valence-corrected chi connectivity index (χ3v) is 3.45. The van der Waals surface area contributed by atoms with Gasteiger partial charge >= 0.3 is 5.97 Å². The van der Waals surface area contributed by atoms with E-state index in [1.807, 2.05) is 0 Å². The van der Waals surface area contributed by atoms with E-state index in [1.54, 1.807) is 20.9 Å². The minimum absolute atomic E-state index is 0.0842. The van der Waals surface area contributed by atoms with Crippen LogP contribution in [0.15, 0.2) is 18.2 Å². The highest BCUT2D eigenvalue weighted by Crippen LogP contribution is 2.22. The molecule has 0 aliphatic carbocycles. The Bertz CT molecular complexity index is 534. The average molecular weight is 299 g/mol. The van der Waals surface area contributed by atoms with Crippen LogP contribution in [0.3, 0.4) is 0 Å². The normalized spacial score (nSPS) is 13.6. The number of aliphatic carboxylic acids is 1. The number of amides is 1. The van der Waals surface area contributed by atoms with Gasteiger partial charge < -0.3 is 10.0 Å². The molecule has 1 aromatic rings. The fourth-order valence-corrected chi connectivity index (χ4v) is 2.02. The summed E-state index contributed by atoms with van der Waals surface area (Å²) < 4.78 is 26.1. The minimum Gasteiger partial charge on any atom is -0.481 e. The molecule has 116 valence electrons. The maximum atomic E-state index is 13.2. The first-order valence-electron chi connectivity index (χ1n) is 6.64. The van der Waals surface area contributed by atoms with E-state index in [1.165, 1.54) is 11.0 Å². The SMILES string of the molecule is CC(CC(=O)O)CC(=O)N(C)C(C)c1ccc(F)c(F)c1. The van der Waals surface area contributed by atoms with Crippen molar-refractivity contribution in [1.82, 2.24) is 4.90 Å². The highest BCUT2D eigenvalue weighted by atomic mass is 19.2. The van der Waals surface area contributed by atoms with Gasteiger partial charge in [0, 0.05) is 19.9 Å². The molecule has 2 unspecified atom stereocenters. The molecule has 6 heteroatoms. The van der Waals surface area contributed by atoms with Crippen LogP contribution >= 0.6 is 0 Å². The Morgan fingerprint density at radius 3 is 2.33 bits per heavy atom. The molecule has 2 atom stereocenters. The number of hydrogen-bond donors (Lipinski definition) is 1. The largest absolute Gasteiger partial charge is 0.481 e. The second-order valence-electron chi connectivity index (χ2n) is 5.26. The second kappa shape index (κ2) is 7.15. The zero-order valence-electron chi connectivity index (χ0n) is 12.3. The van der Waals surface area contributed by atoms with Crippen molar-refractivity contribution in [2.75, 3.05) is 7.05 Å². The molecule has 0 aliphatic rings. The standard InChI is InChI=1S/C15H19F2NO3/c1-9(7-15(20)21)6-14(19)18(3)10(2)11-4-5-12(16)13(17)8-11/h4-5,8-10H,6-7H2,1-3H3,(H,20,21). The lowest BCUT2D eigenvalue weighted by Gasteiger charge is -2.26. The topological polar surface area (TPSA) is 57.6 Å². The van der Waals surface area contributed by atoms with Gasteiger partial charge in [-0.1, -0.05) is 13.0 Å². The van der Waals surface area contributed by atoms with E-state index in [2.05, 4.69) is 0 Å². The van der Waals surface area contributed by atoms with Crippen molar-refractivity contribution in [3.63, 3.8) is 0 Å². The van der Waals surface area contributed by atoms with E-state index in [0.29, 0.717) is 5.56 Å². The van der Waals surface area contributed by atoms with Crippen LogP contribution in [-0.2, 0) is 9.59 Å². The molecule has 1 aromatic carbocycles. The number of nitrogens with zero attached hydrogens (tertiary/aromatic N) is 1. The summed E-state index contributed by atoms with van der Waals surface area (Å²) in [7, 11) is 1.56. The van der Waals surface area contributed by atoms with Gasteiger partial charge in [-0.25, -0.2) is 8.78 Å². The fourth-order valence-electron chi connectivity index (χ4n) is 2.02. The van der Waals surface area contributed by atoms with Gasteiger partial charge in [0.15, 0.2) is 11.6 Å². The summed E-state index contributed by atoms with van der Waals surface area (Å²) in [4.78, 5) is 24.1. The Morgan fingerprint density at radius 2 is 1.81 bits per heavy atom. The fraction of sp³-hybridized carbons (Fsp3) is 0.467. The average Bonchev–Trinajstić information content (AvgIpc) is 2.39. The zero-order valence-corrected chi connectivity index (χ0v) is 12.3. The molecule has 0 heterocycles. The number of benzene rings is 1. The molecule has 0 fully saturated rings.